The van der Waals surface area contributed by atoms with E-state index in [-0.39, 0.29) is 17.8 Å². The summed E-state index contributed by atoms with van der Waals surface area (Å²) in [5, 5.41) is 37.6. The number of aliphatic hydroxyl groups is 3. The fourth-order valence-electron chi connectivity index (χ4n) is 2.89. The summed E-state index contributed by atoms with van der Waals surface area (Å²) in [6, 6.07) is 0.0332. The average molecular weight is 365 g/mol. The largest absolute Gasteiger partial charge is 0.394 e. The smallest absolute Gasteiger partial charge is 0.272 e. The molecule has 1 fully saturated rings. The molecule has 0 radical (unpaired) electrons. The van der Waals surface area contributed by atoms with Crippen molar-refractivity contribution >= 4 is 22.9 Å². The third-order valence-corrected chi connectivity index (χ3v) is 4.28. The molecule has 3 heterocycles. The molecule has 11 heteroatoms. The van der Waals surface area contributed by atoms with Crippen molar-refractivity contribution in [3.63, 3.8) is 0 Å². The molecule has 2 aromatic rings. The van der Waals surface area contributed by atoms with E-state index < -0.39 is 31.1 Å². The molecule has 11 nitrogen and oxygen atoms in total. The Balaban J connectivity index is 1.95. The van der Waals surface area contributed by atoms with Crippen LogP contribution >= 0.6 is 0 Å². The molecule has 142 valence electrons. The van der Waals surface area contributed by atoms with Crippen LogP contribution in [-0.2, 0) is 4.74 Å². The number of nitrogens with two attached hydrogens (primary N) is 1. The normalized spacial score (nSPS) is 27.6. The second kappa shape index (κ2) is 7.58. The third-order valence-electron chi connectivity index (χ3n) is 4.28. The predicted octanol–water partition coefficient (Wildman–Crippen LogP) is 0.292. The standard InChI is InChI=1S/C15H23N7O4/c1-3-4-7(2)20-21-15-18-12(16)9-13(19-15)22(6-17-9)14-11(25)10(24)8(5-23)26-14/h6-8,10-11,14,23-25H,3-5H2,1-2H3,(H2,16,18,19)/t7?,8-,10-,11-,14?/m1/s1. The summed E-state index contributed by atoms with van der Waals surface area (Å²) < 4.78 is 6.95. The minimum absolute atomic E-state index is 0.0332. The van der Waals surface area contributed by atoms with Crippen LogP contribution in [0.5, 0.6) is 0 Å². The number of hydrogen-bond acceptors (Lipinski definition) is 10. The number of hydrogen-bond donors (Lipinski definition) is 4. The summed E-state index contributed by atoms with van der Waals surface area (Å²) in [4.78, 5) is 12.5. The molecule has 1 aliphatic rings. The molecule has 2 aromatic heterocycles. The van der Waals surface area contributed by atoms with Gasteiger partial charge in [0.05, 0.1) is 19.0 Å². The summed E-state index contributed by atoms with van der Waals surface area (Å²) in [7, 11) is 0. The van der Waals surface area contributed by atoms with E-state index in [1.165, 1.54) is 10.9 Å². The minimum atomic E-state index is -1.25. The lowest BCUT2D eigenvalue weighted by Crippen LogP contribution is -2.33. The fourth-order valence-corrected chi connectivity index (χ4v) is 2.89. The number of imidazole rings is 1. The van der Waals surface area contributed by atoms with Gasteiger partial charge < -0.3 is 25.8 Å². The van der Waals surface area contributed by atoms with Crippen LogP contribution in [0.2, 0.25) is 0 Å². The molecule has 2 unspecified atom stereocenters. The zero-order chi connectivity index (χ0) is 18.8. The van der Waals surface area contributed by atoms with E-state index in [2.05, 4.69) is 32.1 Å². The Labute approximate surface area is 149 Å². The van der Waals surface area contributed by atoms with E-state index in [1.807, 2.05) is 6.92 Å². The minimum Gasteiger partial charge on any atom is -0.394 e. The van der Waals surface area contributed by atoms with E-state index in [4.69, 9.17) is 10.5 Å². The first-order chi connectivity index (χ1) is 12.5. The van der Waals surface area contributed by atoms with Gasteiger partial charge in [0.1, 0.15) is 23.8 Å². The monoisotopic (exact) mass is 365 g/mol. The summed E-state index contributed by atoms with van der Waals surface area (Å²) in [5.41, 5.74) is 6.55. The summed E-state index contributed by atoms with van der Waals surface area (Å²) in [6.07, 6.45) is -1.09. The van der Waals surface area contributed by atoms with Gasteiger partial charge in [-0.15, -0.1) is 5.11 Å². The van der Waals surface area contributed by atoms with Crippen LogP contribution in [0.4, 0.5) is 11.8 Å². The summed E-state index contributed by atoms with van der Waals surface area (Å²) >= 11 is 0. The van der Waals surface area contributed by atoms with Gasteiger partial charge >= 0.3 is 0 Å². The number of nitrogens with zero attached hydrogens (tertiary/aromatic N) is 6. The van der Waals surface area contributed by atoms with Crippen molar-refractivity contribution < 1.29 is 20.1 Å². The van der Waals surface area contributed by atoms with E-state index in [0.717, 1.165) is 12.8 Å². The maximum absolute atomic E-state index is 10.2. The van der Waals surface area contributed by atoms with Crippen molar-refractivity contribution in [1.29, 1.82) is 0 Å². The Morgan fingerprint density at radius 3 is 2.77 bits per heavy atom. The van der Waals surface area contributed by atoms with Crippen molar-refractivity contribution in [2.45, 2.75) is 57.3 Å². The number of aromatic nitrogens is 4. The Morgan fingerprint density at radius 2 is 2.12 bits per heavy atom. The van der Waals surface area contributed by atoms with Crippen LogP contribution in [0, 0.1) is 0 Å². The molecule has 1 saturated heterocycles. The lowest BCUT2D eigenvalue weighted by molar-refractivity contribution is -0.0511. The third kappa shape index (κ3) is 3.38. The second-order valence-electron chi connectivity index (χ2n) is 6.31. The van der Waals surface area contributed by atoms with E-state index in [1.54, 1.807) is 0 Å². The molecule has 0 saturated carbocycles. The van der Waals surface area contributed by atoms with Gasteiger partial charge in [0.15, 0.2) is 17.7 Å². The van der Waals surface area contributed by atoms with Crippen LogP contribution in [-0.4, -0.2) is 65.8 Å². The molecule has 3 rings (SSSR count). The lowest BCUT2D eigenvalue weighted by Gasteiger charge is -2.16. The summed E-state index contributed by atoms with van der Waals surface area (Å²) in [5.74, 6) is 0.198. The van der Waals surface area contributed by atoms with Gasteiger partial charge in [-0.3, -0.25) is 4.57 Å². The van der Waals surface area contributed by atoms with E-state index in [9.17, 15) is 15.3 Å². The van der Waals surface area contributed by atoms with Crippen molar-refractivity contribution in [3.8, 4) is 0 Å². The molecule has 5 N–H and O–H groups in total. The van der Waals surface area contributed by atoms with Crippen LogP contribution in [0.15, 0.2) is 16.6 Å². The molecule has 0 spiro atoms. The van der Waals surface area contributed by atoms with Gasteiger partial charge in [0.2, 0.25) is 0 Å². The second-order valence-corrected chi connectivity index (χ2v) is 6.31. The number of nitrogen functional groups attached to an aromatic ring is 1. The molecule has 0 amide bonds. The Morgan fingerprint density at radius 1 is 1.35 bits per heavy atom. The number of anilines is 1. The van der Waals surface area contributed by atoms with Crippen LogP contribution < -0.4 is 5.73 Å². The highest BCUT2D eigenvalue weighted by Crippen LogP contribution is 2.32. The van der Waals surface area contributed by atoms with Gasteiger partial charge in [-0.05, 0) is 13.3 Å². The highest BCUT2D eigenvalue weighted by molar-refractivity contribution is 5.82. The molecular weight excluding hydrogens is 342 g/mol. The first kappa shape index (κ1) is 18.6. The van der Waals surface area contributed by atoms with Gasteiger partial charge in [0.25, 0.3) is 5.95 Å². The van der Waals surface area contributed by atoms with Gasteiger partial charge in [-0.25, -0.2) is 4.98 Å². The van der Waals surface area contributed by atoms with Crippen molar-refractivity contribution in [3.05, 3.63) is 6.33 Å². The molecular formula is C15H23N7O4. The molecule has 0 aliphatic carbocycles. The number of azo groups is 1. The Kier molecular flexibility index (Phi) is 5.41. The lowest BCUT2D eigenvalue weighted by atomic mass is 10.1. The number of ether oxygens (including phenoxy) is 1. The van der Waals surface area contributed by atoms with Crippen LogP contribution in [0.25, 0.3) is 11.2 Å². The van der Waals surface area contributed by atoms with E-state index >= 15 is 0 Å². The average Bonchev–Trinajstić information content (AvgIpc) is 3.16. The number of aliphatic hydroxyl groups excluding tert-OH is 3. The zero-order valence-electron chi connectivity index (χ0n) is 14.6. The zero-order valence-corrected chi connectivity index (χ0v) is 14.6. The molecule has 26 heavy (non-hydrogen) atoms. The Bertz CT molecular complexity index is 796. The first-order valence-electron chi connectivity index (χ1n) is 8.49. The van der Waals surface area contributed by atoms with Gasteiger partial charge in [-0.1, -0.05) is 13.3 Å². The topological polar surface area (TPSA) is 164 Å². The predicted molar refractivity (Wildman–Crippen MR) is 91.6 cm³/mol. The van der Waals surface area contributed by atoms with Crippen molar-refractivity contribution in [2.24, 2.45) is 10.2 Å². The molecule has 0 bridgehead atoms. The molecule has 5 atom stereocenters. The summed E-state index contributed by atoms with van der Waals surface area (Å²) in [6.45, 7) is 3.58. The van der Waals surface area contributed by atoms with Crippen LogP contribution in [0.1, 0.15) is 32.9 Å². The SMILES string of the molecule is CCCC(C)N=Nc1nc(N)c2ncn(C3O[C@H](CO)[C@@H](O)[C@H]3O)c2n1. The maximum atomic E-state index is 10.2. The van der Waals surface area contributed by atoms with Crippen LogP contribution in [0.3, 0.4) is 0 Å². The van der Waals surface area contributed by atoms with Crippen molar-refractivity contribution in [2.75, 3.05) is 12.3 Å². The molecule has 1 aliphatic heterocycles. The highest BCUT2D eigenvalue weighted by atomic mass is 16.6. The quantitative estimate of drug-likeness (QED) is 0.530. The number of fused-ring (bicyclic) bond motifs is 1. The first-order valence-corrected chi connectivity index (χ1v) is 8.49. The van der Waals surface area contributed by atoms with Crippen molar-refractivity contribution in [1.82, 2.24) is 19.5 Å². The molecule has 0 aromatic carbocycles. The van der Waals surface area contributed by atoms with Gasteiger partial charge in [0, 0.05) is 0 Å². The highest BCUT2D eigenvalue weighted by Gasteiger charge is 2.44. The van der Waals surface area contributed by atoms with Gasteiger partial charge in [-0.2, -0.15) is 15.1 Å². The maximum Gasteiger partial charge on any atom is 0.272 e. The fraction of sp³-hybridized carbons (Fsp3) is 0.667. The van der Waals surface area contributed by atoms with E-state index in [0.29, 0.717) is 11.2 Å². The number of rotatable bonds is 6. The Hall–Kier alpha value is -2.21.